The summed E-state index contributed by atoms with van der Waals surface area (Å²) in [6.07, 6.45) is -0.922. The highest BCUT2D eigenvalue weighted by molar-refractivity contribution is 9.10. The Morgan fingerprint density at radius 2 is 2.16 bits per heavy atom. The third-order valence-electron chi connectivity index (χ3n) is 4.05. The molecule has 10 heteroatoms. The zero-order chi connectivity index (χ0) is 18.1. The van der Waals surface area contributed by atoms with Crippen LogP contribution < -0.4 is 4.90 Å². The number of aromatic nitrogens is 2. The predicted octanol–water partition coefficient (Wildman–Crippen LogP) is 3.78. The molecule has 0 radical (unpaired) electrons. The lowest BCUT2D eigenvalue weighted by atomic mass is 10.1. The van der Waals surface area contributed by atoms with E-state index >= 15 is 0 Å². The Kier molecular flexibility index (Phi) is 5.18. The van der Waals surface area contributed by atoms with E-state index in [0.717, 1.165) is 5.39 Å². The van der Waals surface area contributed by atoms with Crippen molar-refractivity contribution in [1.82, 2.24) is 14.9 Å². The number of piperazine rings is 1. The Morgan fingerprint density at radius 3 is 2.84 bits per heavy atom. The number of halogens is 3. The van der Waals surface area contributed by atoms with Crippen molar-refractivity contribution >= 4 is 61.9 Å². The van der Waals surface area contributed by atoms with Crippen molar-refractivity contribution < 1.29 is 9.90 Å². The molecule has 1 aromatic heterocycles. The van der Waals surface area contributed by atoms with E-state index in [0.29, 0.717) is 33.9 Å². The molecule has 1 saturated heterocycles. The van der Waals surface area contributed by atoms with Crippen LogP contribution >= 0.6 is 39.1 Å². The molecule has 0 bridgehead atoms. The van der Waals surface area contributed by atoms with Gasteiger partial charge in [-0.25, -0.2) is 9.78 Å². The maximum absolute atomic E-state index is 11.4. The Hall–Kier alpha value is -1.82. The fourth-order valence-corrected chi connectivity index (χ4v) is 3.57. The Labute approximate surface area is 161 Å². The van der Waals surface area contributed by atoms with Crippen LogP contribution in [0.15, 0.2) is 16.6 Å². The summed E-state index contributed by atoms with van der Waals surface area (Å²) in [4.78, 5) is 23.1. The Balaban J connectivity index is 2.03. The molecule has 2 heterocycles. The van der Waals surface area contributed by atoms with Gasteiger partial charge in [0, 0.05) is 29.5 Å². The number of nitriles is 1. The van der Waals surface area contributed by atoms with Gasteiger partial charge in [-0.1, -0.05) is 11.6 Å². The number of hydrogen-bond donors (Lipinski definition) is 1. The molecule has 0 saturated carbocycles. The lowest BCUT2D eigenvalue weighted by molar-refractivity contribution is 0.119. The molecule has 1 unspecified atom stereocenters. The van der Waals surface area contributed by atoms with Gasteiger partial charge in [-0.15, -0.1) is 0 Å². The molecule has 1 N–H and O–H groups in total. The average Bonchev–Trinajstić information content (AvgIpc) is 2.56. The summed E-state index contributed by atoms with van der Waals surface area (Å²) >= 11 is 15.6. The molecule has 1 amide bonds. The van der Waals surface area contributed by atoms with Crippen LogP contribution in [0.4, 0.5) is 10.6 Å². The van der Waals surface area contributed by atoms with Gasteiger partial charge in [-0.3, -0.25) is 0 Å². The summed E-state index contributed by atoms with van der Waals surface area (Å²) in [6.45, 7) is 1.07. The Bertz CT molecular complexity index is 888. The zero-order valence-electron chi connectivity index (χ0n) is 12.8. The normalized spacial score (nSPS) is 17.6. The third-order valence-corrected chi connectivity index (χ3v) is 5.41. The lowest BCUT2D eigenvalue weighted by Gasteiger charge is -2.39. The van der Waals surface area contributed by atoms with E-state index in [2.05, 4.69) is 25.9 Å². The average molecular weight is 445 g/mol. The standard InChI is InChI=1S/C15H12BrCl2N5O2/c16-10-5-9-12(6-11(10)17)20-14(18)21-13(9)22-3-4-23(15(24)25)8(7-22)1-2-19/h5-6,8H,1,3-4,7H2,(H,24,25). The number of fused-ring (bicyclic) bond motifs is 1. The molecule has 130 valence electrons. The highest BCUT2D eigenvalue weighted by Crippen LogP contribution is 2.33. The van der Waals surface area contributed by atoms with E-state index in [9.17, 15) is 9.90 Å². The highest BCUT2D eigenvalue weighted by atomic mass is 79.9. The van der Waals surface area contributed by atoms with Crippen molar-refractivity contribution in [2.75, 3.05) is 24.5 Å². The molecule has 1 fully saturated rings. The SMILES string of the molecule is N#CCC1CN(c2nc(Cl)nc3cc(Cl)c(Br)cc23)CCN1C(=O)O. The third kappa shape index (κ3) is 3.59. The van der Waals surface area contributed by atoms with Gasteiger partial charge in [0.1, 0.15) is 5.82 Å². The molecular weight excluding hydrogens is 433 g/mol. The quantitative estimate of drug-likeness (QED) is 0.708. The van der Waals surface area contributed by atoms with Crippen LogP contribution in [0.3, 0.4) is 0 Å². The van der Waals surface area contributed by atoms with Crippen LogP contribution in [-0.2, 0) is 0 Å². The molecule has 1 aromatic carbocycles. The number of carbonyl (C=O) groups is 1. The monoisotopic (exact) mass is 443 g/mol. The predicted molar refractivity (Wildman–Crippen MR) is 98.2 cm³/mol. The minimum absolute atomic E-state index is 0.0818. The van der Waals surface area contributed by atoms with E-state index in [4.69, 9.17) is 28.5 Å². The van der Waals surface area contributed by atoms with Crippen LogP contribution in [-0.4, -0.2) is 51.7 Å². The fraction of sp³-hybridized carbons (Fsp3) is 0.333. The topological polar surface area (TPSA) is 93.4 Å². The second-order valence-corrected chi connectivity index (χ2v) is 7.14. The van der Waals surface area contributed by atoms with Crippen LogP contribution in [0.25, 0.3) is 10.9 Å². The lowest BCUT2D eigenvalue weighted by Crippen LogP contribution is -2.55. The molecule has 1 aliphatic rings. The molecule has 0 spiro atoms. The maximum atomic E-state index is 11.4. The minimum Gasteiger partial charge on any atom is -0.465 e. The van der Waals surface area contributed by atoms with Gasteiger partial charge in [0.25, 0.3) is 0 Å². The van der Waals surface area contributed by atoms with E-state index in [1.165, 1.54) is 4.90 Å². The maximum Gasteiger partial charge on any atom is 0.407 e. The van der Waals surface area contributed by atoms with Gasteiger partial charge >= 0.3 is 6.09 Å². The van der Waals surface area contributed by atoms with Crippen molar-refractivity contribution in [2.45, 2.75) is 12.5 Å². The first-order valence-corrected chi connectivity index (χ1v) is 8.89. The van der Waals surface area contributed by atoms with Gasteiger partial charge in [-0.2, -0.15) is 10.2 Å². The number of carboxylic acid groups (broad SMARTS) is 1. The van der Waals surface area contributed by atoms with Gasteiger partial charge in [0.2, 0.25) is 5.28 Å². The van der Waals surface area contributed by atoms with Crippen molar-refractivity contribution in [3.8, 4) is 6.07 Å². The summed E-state index contributed by atoms with van der Waals surface area (Å²) in [5, 5.41) is 19.6. The minimum atomic E-state index is -1.03. The summed E-state index contributed by atoms with van der Waals surface area (Å²) < 4.78 is 0.701. The summed E-state index contributed by atoms with van der Waals surface area (Å²) in [6, 6.07) is 5.11. The molecule has 7 nitrogen and oxygen atoms in total. The van der Waals surface area contributed by atoms with Crippen molar-refractivity contribution in [3.63, 3.8) is 0 Å². The second-order valence-electron chi connectivity index (χ2n) is 5.54. The van der Waals surface area contributed by atoms with Crippen molar-refractivity contribution in [2.24, 2.45) is 0 Å². The van der Waals surface area contributed by atoms with Gasteiger partial charge in [0.15, 0.2) is 0 Å². The molecule has 1 atom stereocenters. The number of amides is 1. The van der Waals surface area contributed by atoms with E-state index in [1.807, 2.05) is 17.0 Å². The van der Waals surface area contributed by atoms with Gasteiger partial charge in [0.05, 0.1) is 29.1 Å². The van der Waals surface area contributed by atoms with E-state index < -0.39 is 12.1 Å². The largest absolute Gasteiger partial charge is 0.465 e. The van der Waals surface area contributed by atoms with Gasteiger partial charge in [-0.05, 0) is 39.7 Å². The molecule has 3 rings (SSSR count). The number of benzene rings is 1. The second kappa shape index (κ2) is 7.20. The van der Waals surface area contributed by atoms with Crippen molar-refractivity contribution in [3.05, 3.63) is 26.9 Å². The summed E-state index contributed by atoms with van der Waals surface area (Å²) in [5.41, 5.74) is 0.598. The number of rotatable bonds is 2. The van der Waals surface area contributed by atoms with Crippen molar-refractivity contribution in [1.29, 1.82) is 5.26 Å². The smallest absolute Gasteiger partial charge is 0.407 e. The number of hydrogen-bond acceptors (Lipinski definition) is 5. The molecule has 25 heavy (non-hydrogen) atoms. The molecular formula is C15H12BrCl2N5O2. The first-order chi connectivity index (χ1) is 11.9. The van der Waals surface area contributed by atoms with Gasteiger partial charge < -0.3 is 14.9 Å². The first-order valence-electron chi connectivity index (χ1n) is 7.34. The molecule has 1 aliphatic heterocycles. The first kappa shape index (κ1) is 18.0. The fourth-order valence-electron chi connectivity index (χ4n) is 2.90. The number of anilines is 1. The zero-order valence-corrected chi connectivity index (χ0v) is 15.9. The Morgan fingerprint density at radius 1 is 1.40 bits per heavy atom. The molecule has 2 aromatic rings. The highest BCUT2D eigenvalue weighted by Gasteiger charge is 2.31. The van der Waals surface area contributed by atoms with Crippen LogP contribution in [0.1, 0.15) is 6.42 Å². The van der Waals surface area contributed by atoms with Crippen LogP contribution in [0.2, 0.25) is 10.3 Å². The van der Waals surface area contributed by atoms with Crippen LogP contribution in [0.5, 0.6) is 0 Å². The van der Waals surface area contributed by atoms with E-state index in [1.54, 1.807) is 6.07 Å². The summed E-state index contributed by atoms with van der Waals surface area (Å²) in [5.74, 6) is 0.598. The molecule has 0 aliphatic carbocycles. The van der Waals surface area contributed by atoms with Crippen LogP contribution in [0, 0.1) is 11.3 Å². The summed E-state index contributed by atoms with van der Waals surface area (Å²) in [7, 11) is 0. The number of nitrogens with zero attached hydrogens (tertiary/aromatic N) is 5. The van der Waals surface area contributed by atoms with E-state index in [-0.39, 0.29) is 18.2 Å².